The van der Waals surface area contributed by atoms with Crippen molar-refractivity contribution in [1.82, 2.24) is 5.32 Å². The van der Waals surface area contributed by atoms with Crippen molar-refractivity contribution in [3.8, 4) is 0 Å². The lowest BCUT2D eigenvalue weighted by Crippen LogP contribution is -2.39. The second-order valence-electron chi connectivity index (χ2n) is 3.26. The van der Waals surface area contributed by atoms with Crippen molar-refractivity contribution in [3.05, 3.63) is 35.4 Å². The Hall–Kier alpha value is -0.570. The minimum absolute atomic E-state index is 0. The zero-order chi connectivity index (χ0) is 8.39. The van der Waals surface area contributed by atoms with E-state index in [-0.39, 0.29) is 19.0 Å². The highest BCUT2D eigenvalue weighted by atomic mass is 35.5. The molecule has 2 nitrogen and oxygen atoms in total. The van der Waals surface area contributed by atoms with Crippen LogP contribution >= 0.6 is 12.4 Å². The quantitative estimate of drug-likeness (QED) is 0.753. The van der Waals surface area contributed by atoms with E-state index in [1.165, 1.54) is 5.56 Å². The van der Waals surface area contributed by atoms with E-state index in [1.807, 2.05) is 12.1 Å². The number of rotatable bonds is 2. The zero-order valence-corrected chi connectivity index (χ0v) is 8.18. The molecule has 0 saturated carbocycles. The average molecular weight is 200 g/mol. The van der Waals surface area contributed by atoms with Crippen molar-refractivity contribution in [1.29, 1.82) is 0 Å². The molecule has 0 aliphatic carbocycles. The van der Waals surface area contributed by atoms with Crippen molar-refractivity contribution in [3.63, 3.8) is 0 Å². The van der Waals surface area contributed by atoms with Gasteiger partial charge in [-0.2, -0.15) is 0 Å². The minimum Gasteiger partial charge on any atom is -0.392 e. The zero-order valence-electron chi connectivity index (χ0n) is 7.36. The van der Waals surface area contributed by atoms with E-state index in [2.05, 4.69) is 17.4 Å². The summed E-state index contributed by atoms with van der Waals surface area (Å²) in [4.78, 5) is 0. The third kappa shape index (κ3) is 2.21. The molecular formula is C10H14ClNO. The van der Waals surface area contributed by atoms with Gasteiger partial charge >= 0.3 is 0 Å². The van der Waals surface area contributed by atoms with Crippen LogP contribution in [0.15, 0.2) is 24.3 Å². The van der Waals surface area contributed by atoms with E-state index in [0.29, 0.717) is 5.92 Å². The molecule has 0 atom stereocenters. The molecule has 2 rings (SSSR count). The Kier molecular flexibility index (Phi) is 3.72. The van der Waals surface area contributed by atoms with Gasteiger partial charge in [0.2, 0.25) is 0 Å². The van der Waals surface area contributed by atoms with E-state index in [0.717, 1.165) is 18.7 Å². The van der Waals surface area contributed by atoms with E-state index < -0.39 is 0 Å². The fourth-order valence-electron chi connectivity index (χ4n) is 1.47. The van der Waals surface area contributed by atoms with Crippen LogP contribution in [-0.2, 0) is 6.61 Å². The Balaban J connectivity index is 0.000000845. The second kappa shape index (κ2) is 4.61. The molecule has 1 aromatic rings. The van der Waals surface area contributed by atoms with Gasteiger partial charge in [0.15, 0.2) is 0 Å². The monoisotopic (exact) mass is 199 g/mol. The Labute approximate surface area is 84.4 Å². The van der Waals surface area contributed by atoms with Gasteiger partial charge in [-0.05, 0) is 11.1 Å². The number of aliphatic hydroxyl groups is 1. The number of halogens is 1. The SMILES string of the molecule is Cl.OCc1cccc(C2CNC2)c1. The topological polar surface area (TPSA) is 32.3 Å². The van der Waals surface area contributed by atoms with E-state index in [1.54, 1.807) is 0 Å². The molecule has 1 fully saturated rings. The molecule has 2 N–H and O–H groups in total. The smallest absolute Gasteiger partial charge is 0.0681 e. The lowest BCUT2D eigenvalue weighted by molar-refractivity contribution is 0.281. The number of hydrogen-bond acceptors (Lipinski definition) is 2. The molecule has 1 heterocycles. The highest BCUT2D eigenvalue weighted by Gasteiger charge is 2.18. The molecule has 72 valence electrons. The number of hydrogen-bond donors (Lipinski definition) is 2. The van der Waals surface area contributed by atoms with Crippen LogP contribution in [0.4, 0.5) is 0 Å². The Morgan fingerprint density at radius 3 is 2.69 bits per heavy atom. The first-order valence-corrected chi connectivity index (χ1v) is 4.30. The van der Waals surface area contributed by atoms with E-state index in [4.69, 9.17) is 5.11 Å². The molecular weight excluding hydrogens is 186 g/mol. The fourth-order valence-corrected chi connectivity index (χ4v) is 1.47. The molecule has 0 bridgehead atoms. The van der Waals surface area contributed by atoms with Crippen molar-refractivity contribution in [2.75, 3.05) is 13.1 Å². The first-order chi connectivity index (χ1) is 5.90. The van der Waals surface area contributed by atoms with Crippen LogP contribution in [0.1, 0.15) is 17.0 Å². The summed E-state index contributed by atoms with van der Waals surface area (Å²) in [6, 6.07) is 8.19. The Bertz CT molecular complexity index is 273. The van der Waals surface area contributed by atoms with Gasteiger partial charge in [-0.1, -0.05) is 24.3 Å². The molecule has 0 radical (unpaired) electrons. The summed E-state index contributed by atoms with van der Waals surface area (Å²) < 4.78 is 0. The summed E-state index contributed by atoms with van der Waals surface area (Å²) in [7, 11) is 0. The summed E-state index contributed by atoms with van der Waals surface area (Å²) in [6.07, 6.45) is 0. The summed E-state index contributed by atoms with van der Waals surface area (Å²) >= 11 is 0. The largest absolute Gasteiger partial charge is 0.392 e. The lowest BCUT2D eigenvalue weighted by Gasteiger charge is -2.27. The number of aliphatic hydroxyl groups excluding tert-OH is 1. The molecule has 1 aliphatic rings. The van der Waals surface area contributed by atoms with Crippen molar-refractivity contribution in [2.24, 2.45) is 0 Å². The normalized spacial score (nSPS) is 16.1. The van der Waals surface area contributed by atoms with Crippen LogP contribution in [0.3, 0.4) is 0 Å². The molecule has 3 heteroatoms. The summed E-state index contributed by atoms with van der Waals surface area (Å²) in [5, 5.41) is 12.2. The molecule has 0 spiro atoms. The van der Waals surface area contributed by atoms with Crippen LogP contribution in [-0.4, -0.2) is 18.2 Å². The fraction of sp³-hybridized carbons (Fsp3) is 0.400. The maximum atomic E-state index is 8.92. The van der Waals surface area contributed by atoms with Gasteiger partial charge in [-0.15, -0.1) is 12.4 Å². The van der Waals surface area contributed by atoms with Crippen LogP contribution < -0.4 is 5.32 Å². The highest BCUT2D eigenvalue weighted by Crippen LogP contribution is 2.20. The first-order valence-electron chi connectivity index (χ1n) is 4.30. The van der Waals surface area contributed by atoms with Crippen LogP contribution in [0.5, 0.6) is 0 Å². The van der Waals surface area contributed by atoms with Crippen LogP contribution in [0.25, 0.3) is 0 Å². The average Bonchev–Trinajstić information content (AvgIpc) is 2.02. The first kappa shape index (κ1) is 10.5. The van der Waals surface area contributed by atoms with Crippen molar-refractivity contribution < 1.29 is 5.11 Å². The molecule has 1 aliphatic heterocycles. The minimum atomic E-state index is 0. The maximum absolute atomic E-state index is 8.92. The van der Waals surface area contributed by atoms with Crippen molar-refractivity contribution in [2.45, 2.75) is 12.5 Å². The standard InChI is InChI=1S/C10H13NO.ClH/c12-7-8-2-1-3-9(4-8)10-5-11-6-10;/h1-4,10-12H,5-7H2;1H. The van der Waals surface area contributed by atoms with Crippen LogP contribution in [0.2, 0.25) is 0 Å². The Morgan fingerprint density at radius 1 is 1.38 bits per heavy atom. The molecule has 0 unspecified atom stereocenters. The van der Waals surface area contributed by atoms with Gasteiger partial charge in [0.1, 0.15) is 0 Å². The van der Waals surface area contributed by atoms with Gasteiger partial charge in [-0.25, -0.2) is 0 Å². The Morgan fingerprint density at radius 2 is 2.15 bits per heavy atom. The summed E-state index contributed by atoms with van der Waals surface area (Å²) in [5.41, 5.74) is 2.36. The van der Waals surface area contributed by atoms with Crippen LogP contribution in [0, 0.1) is 0 Å². The molecule has 0 aromatic heterocycles. The van der Waals surface area contributed by atoms with Gasteiger partial charge in [0.25, 0.3) is 0 Å². The van der Waals surface area contributed by atoms with Gasteiger partial charge in [0.05, 0.1) is 6.61 Å². The molecule has 13 heavy (non-hydrogen) atoms. The van der Waals surface area contributed by atoms with Gasteiger partial charge < -0.3 is 10.4 Å². The van der Waals surface area contributed by atoms with E-state index in [9.17, 15) is 0 Å². The second-order valence-corrected chi connectivity index (χ2v) is 3.26. The predicted molar refractivity (Wildman–Crippen MR) is 55.2 cm³/mol. The van der Waals surface area contributed by atoms with E-state index >= 15 is 0 Å². The molecule has 1 saturated heterocycles. The number of nitrogens with one attached hydrogen (secondary N) is 1. The van der Waals surface area contributed by atoms with Crippen molar-refractivity contribution >= 4 is 12.4 Å². The summed E-state index contributed by atoms with van der Waals surface area (Å²) in [5.74, 6) is 0.663. The maximum Gasteiger partial charge on any atom is 0.0681 e. The highest BCUT2D eigenvalue weighted by molar-refractivity contribution is 5.85. The summed E-state index contributed by atoms with van der Waals surface area (Å²) in [6.45, 7) is 2.30. The third-order valence-electron chi connectivity index (χ3n) is 2.39. The molecule has 0 amide bonds. The van der Waals surface area contributed by atoms with Gasteiger partial charge in [-0.3, -0.25) is 0 Å². The predicted octanol–water partition coefficient (Wildman–Crippen LogP) is 1.29. The lowest BCUT2D eigenvalue weighted by atomic mass is 9.93. The molecule has 1 aromatic carbocycles. The van der Waals surface area contributed by atoms with Gasteiger partial charge in [0, 0.05) is 19.0 Å². The number of benzene rings is 1. The third-order valence-corrected chi connectivity index (χ3v) is 2.39.